The number of aliphatic hydroxyl groups is 2. The van der Waals surface area contributed by atoms with E-state index in [-0.39, 0.29) is 201 Å². The number of nitrogens with zero attached hydrogens (tertiary/aromatic N) is 3. The van der Waals surface area contributed by atoms with Crippen LogP contribution in [-0.4, -0.2) is 251 Å². The van der Waals surface area contributed by atoms with Gasteiger partial charge in [0.1, 0.15) is 5.78 Å². The van der Waals surface area contributed by atoms with Gasteiger partial charge in [-0.2, -0.15) is 0 Å². The molecule has 4 amide bonds. The van der Waals surface area contributed by atoms with Crippen LogP contribution in [-0.2, 0) is 92.3 Å². The Morgan fingerprint density at radius 1 is 0.449 bits per heavy atom. The number of rotatable bonds is 50. The molecule has 0 saturated carbocycles. The van der Waals surface area contributed by atoms with Crippen molar-refractivity contribution < 1.29 is 83.1 Å². The number of Topliss-reactive ketones (excluding diaryl/α,β-unsaturated/α-hetero) is 1. The Hall–Kier alpha value is -5.73. The second-order valence-corrected chi connectivity index (χ2v) is 37.9. The van der Waals surface area contributed by atoms with E-state index in [0.717, 1.165) is 50.1 Å². The largest absolute Gasteiger partial charge is 0.394 e. The van der Waals surface area contributed by atoms with E-state index >= 15 is 0 Å². The molecule has 0 fully saturated rings. The lowest BCUT2D eigenvalue weighted by Gasteiger charge is -2.35. The Bertz CT molecular complexity index is 4280. The normalized spacial score (nSPS) is 16.6. The first-order valence-corrected chi connectivity index (χ1v) is 46.2. The van der Waals surface area contributed by atoms with E-state index in [9.17, 15) is 54.6 Å². The molecule has 36 heteroatoms. The SMILES string of the molecule is CN1Cc2c(Cl)cc(Cl)cc2[C@H](c2cccc(S(=O)(=O)CCCOCCOCCNC(=O)CCC(CCC(=O)CCCOCCOCCNS(=O)(=O)c3cccc([C@@H]4CN(C)Cc5c(Cl)cc(Cl)cc54)c3)(CCC(=O)NCCOCCOCCNS(=O)(=O)c3cccc([C@@H]4CN(C)Cc5c(Cl)cc(Cl)cc54)c3)NC(=O)NC(CO)CO)c2)C1. The molecular formula is C82H107Cl6N9O18S3. The van der Waals surface area contributed by atoms with Gasteiger partial charge in [-0.15, -0.1) is 0 Å². The number of carbonyl (C=O) groups excluding carboxylic acids is 4. The van der Waals surface area contributed by atoms with E-state index in [2.05, 4.69) is 45.4 Å². The van der Waals surface area contributed by atoms with Gasteiger partial charge in [0.2, 0.25) is 31.9 Å². The number of amides is 4. The van der Waals surface area contributed by atoms with Gasteiger partial charge < -0.3 is 74.6 Å². The number of nitrogens with one attached hydrogen (secondary N) is 6. The van der Waals surface area contributed by atoms with Crippen LogP contribution < -0.4 is 30.7 Å². The minimum absolute atomic E-state index is 0.0101. The zero-order valence-electron chi connectivity index (χ0n) is 66.5. The molecule has 1 unspecified atom stereocenters. The van der Waals surface area contributed by atoms with Gasteiger partial charge in [0.05, 0.1) is 106 Å². The number of benzene rings is 6. The maximum atomic E-state index is 13.7. The fourth-order valence-corrected chi connectivity index (χ4v) is 19.8. The molecule has 0 saturated heterocycles. The van der Waals surface area contributed by atoms with Gasteiger partial charge in [0.15, 0.2) is 9.84 Å². The predicted molar refractivity (Wildman–Crippen MR) is 456 cm³/mol. The maximum Gasteiger partial charge on any atom is 0.315 e. The average molecular weight is 1820 g/mol. The zero-order chi connectivity index (χ0) is 85.0. The lowest BCUT2D eigenvalue weighted by atomic mass is 9.82. The highest BCUT2D eigenvalue weighted by molar-refractivity contribution is 7.91. The number of aliphatic hydroxyl groups excluding tert-OH is 2. The summed E-state index contributed by atoms with van der Waals surface area (Å²) in [6, 6.07) is 29.4. The fourth-order valence-electron chi connectivity index (χ4n) is 14.7. The van der Waals surface area contributed by atoms with E-state index in [0.29, 0.717) is 75.8 Å². The van der Waals surface area contributed by atoms with Gasteiger partial charge in [0, 0.05) is 158 Å². The Balaban J connectivity index is 0.711. The second kappa shape index (κ2) is 47.2. The van der Waals surface area contributed by atoms with Crippen molar-refractivity contribution in [2.75, 3.05) is 165 Å². The van der Waals surface area contributed by atoms with Gasteiger partial charge in [-0.1, -0.05) is 106 Å². The summed E-state index contributed by atoms with van der Waals surface area (Å²) in [5, 5.41) is 34.0. The van der Waals surface area contributed by atoms with Crippen molar-refractivity contribution in [2.45, 2.75) is 121 Å². The van der Waals surface area contributed by atoms with Gasteiger partial charge in [-0.25, -0.2) is 39.5 Å². The summed E-state index contributed by atoms with van der Waals surface area (Å²) in [4.78, 5) is 61.4. The highest BCUT2D eigenvalue weighted by Crippen LogP contribution is 2.43. The van der Waals surface area contributed by atoms with E-state index in [1.807, 2.05) is 57.5 Å². The first kappa shape index (κ1) is 96.1. The molecule has 3 aliphatic rings. The van der Waals surface area contributed by atoms with Crippen LogP contribution in [0, 0.1) is 0 Å². The molecule has 3 heterocycles. The van der Waals surface area contributed by atoms with Crippen LogP contribution in [0.2, 0.25) is 30.1 Å². The van der Waals surface area contributed by atoms with Gasteiger partial charge in [-0.05, 0) is 176 Å². The topological polar surface area (TPSA) is 348 Å². The van der Waals surface area contributed by atoms with Crippen molar-refractivity contribution in [3.05, 3.63) is 189 Å². The molecule has 0 radical (unpaired) electrons. The lowest BCUT2D eigenvalue weighted by molar-refractivity contribution is -0.121. The van der Waals surface area contributed by atoms with Crippen LogP contribution in [0.3, 0.4) is 0 Å². The van der Waals surface area contributed by atoms with Gasteiger partial charge >= 0.3 is 6.03 Å². The number of hydrogen-bond donors (Lipinski definition) is 8. The van der Waals surface area contributed by atoms with Crippen molar-refractivity contribution in [3.63, 3.8) is 0 Å². The van der Waals surface area contributed by atoms with E-state index < -0.39 is 72.5 Å². The Labute approximate surface area is 722 Å². The molecule has 0 spiro atoms. The zero-order valence-corrected chi connectivity index (χ0v) is 73.5. The average Bonchev–Trinajstić information content (AvgIpc) is 0.780. The quantitative estimate of drug-likeness (QED) is 0.0165. The molecule has 0 aliphatic carbocycles. The summed E-state index contributed by atoms with van der Waals surface area (Å²) in [5.74, 6) is -1.68. The second-order valence-electron chi connectivity index (χ2n) is 29.8. The summed E-state index contributed by atoms with van der Waals surface area (Å²) < 4.78 is 120. The first-order chi connectivity index (χ1) is 56.4. The molecule has 6 aromatic carbocycles. The standard InChI is InChI=1S/C82H107Cl6N9O18S3/c1-95-48-70(67-42-59(83)45-76(86)73(67)51-95)56-9-4-13-64(39-56)116(104,105)38-8-27-111-33-34-112-28-22-89-79(101)17-20-82(94-81(103)93-62(54-98)55-99,19-16-63(100)12-7-26-110-32-35-114-30-24-91-117(106,107)65-14-5-10-57(40-65)71-49-96(2)52-74-68(71)43-60(84)46-77(74)87)21-18-80(102)90-23-29-113-36-37-115-31-25-92-118(108,109)66-15-6-11-58(41-66)72-50-97(3)53-75-69(72)44-61(85)47-78(75)88/h4-6,9-11,13-15,39-47,62,70-72,91-92,98-99H,7-8,12,16-38,48-55H2,1-3H3,(H,89,101)(H,90,102)(H2,93,94,103)/t70-,71-,72-,82?/m0/s1. The Morgan fingerprint density at radius 3 is 1.20 bits per heavy atom. The number of halogens is 6. The molecule has 27 nitrogen and oxygen atoms in total. The minimum atomic E-state index is -3.92. The molecule has 648 valence electrons. The summed E-state index contributed by atoms with van der Waals surface area (Å²) in [5.41, 5.74) is 6.78. The number of carbonyl (C=O) groups is 4. The molecule has 8 N–H and O–H groups in total. The van der Waals surface area contributed by atoms with Crippen LogP contribution in [0.25, 0.3) is 0 Å². The molecule has 0 aromatic heterocycles. The monoisotopic (exact) mass is 1810 g/mol. The summed E-state index contributed by atoms with van der Waals surface area (Å²) >= 11 is 39.0. The van der Waals surface area contributed by atoms with Gasteiger partial charge in [0.25, 0.3) is 0 Å². The number of sulfone groups is 1. The Morgan fingerprint density at radius 2 is 0.805 bits per heavy atom. The van der Waals surface area contributed by atoms with Crippen molar-refractivity contribution in [3.8, 4) is 0 Å². The molecular weight excluding hydrogens is 1710 g/mol. The predicted octanol–water partition coefficient (Wildman–Crippen LogP) is 9.87. The van der Waals surface area contributed by atoms with Crippen molar-refractivity contribution in [1.29, 1.82) is 0 Å². The highest BCUT2D eigenvalue weighted by atomic mass is 35.5. The van der Waals surface area contributed by atoms with E-state index in [4.69, 9.17) is 98.0 Å². The lowest BCUT2D eigenvalue weighted by Crippen LogP contribution is -2.56. The number of urea groups is 1. The number of likely N-dealkylation sites (N-methyl/N-ethyl adjacent to an activating group) is 3. The minimum Gasteiger partial charge on any atom is -0.394 e. The molecule has 0 bridgehead atoms. The van der Waals surface area contributed by atoms with Crippen LogP contribution in [0.4, 0.5) is 4.79 Å². The number of sulfonamides is 2. The third-order valence-electron chi connectivity index (χ3n) is 20.7. The van der Waals surface area contributed by atoms with Crippen LogP contribution in [0.15, 0.2) is 124 Å². The Kier molecular flexibility index (Phi) is 38.5. The summed E-state index contributed by atoms with van der Waals surface area (Å²) in [6.45, 7) is 4.15. The van der Waals surface area contributed by atoms with Crippen LogP contribution >= 0.6 is 69.6 Å². The molecule has 3 aliphatic heterocycles. The van der Waals surface area contributed by atoms with Crippen molar-refractivity contribution >= 4 is 123 Å². The molecule has 4 atom stereocenters. The third-order valence-corrected chi connectivity index (χ3v) is 27.1. The number of ketones is 1. The fraction of sp³-hybridized carbons (Fsp3) is 0.512. The van der Waals surface area contributed by atoms with Crippen molar-refractivity contribution in [2.24, 2.45) is 0 Å². The number of hydrogen-bond acceptors (Lipinski definition) is 21. The molecule has 6 aromatic rings. The smallest absolute Gasteiger partial charge is 0.315 e. The van der Waals surface area contributed by atoms with Crippen LogP contribution in [0.5, 0.6) is 0 Å². The molecule has 9 rings (SSSR count). The van der Waals surface area contributed by atoms with E-state index in [1.165, 1.54) is 12.1 Å². The highest BCUT2D eigenvalue weighted by Gasteiger charge is 2.36. The number of fused-ring (bicyclic) bond motifs is 3. The maximum absolute atomic E-state index is 13.7. The third kappa shape index (κ3) is 29.5. The van der Waals surface area contributed by atoms with E-state index in [1.54, 1.807) is 60.7 Å². The summed E-state index contributed by atoms with van der Waals surface area (Å²) in [7, 11) is -5.57. The van der Waals surface area contributed by atoms with Crippen molar-refractivity contribution in [1.82, 2.24) is 45.4 Å². The first-order valence-electron chi connectivity index (χ1n) is 39.3. The van der Waals surface area contributed by atoms with Crippen LogP contribution in [0.1, 0.15) is 126 Å². The molecule has 118 heavy (non-hydrogen) atoms. The summed E-state index contributed by atoms with van der Waals surface area (Å²) in [6.07, 6.45) is 0.0146. The number of ether oxygens (including phenoxy) is 6. The van der Waals surface area contributed by atoms with Gasteiger partial charge in [-0.3, -0.25) is 14.4 Å².